The van der Waals surface area contributed by atoms with E-state index in [0.717, 1.165) is 52.9 Å². The Morgan fingerprint density at radius 1 is 0.971 bits per heavy atom. The number of carbonyl (C=O) groups is 1. The molecule has 0 N–H and O–H groups in total. The molecule has 3 aliphatic heterocycles. The van der Waals surface area contributed by atoms with Crippen molar-refractivity contribution in [1.29, 1.82) is 0 Å². The summed E-state index contributed by atoms with van der Waals surface area (Å²) in [4.78, 5) is 27.2. The summed E-state index contributed by atoms with van der Waals surface area (Å²) in [6.45, 7) is 4.71. The Bertz CT molecular complexity index is 1270. The van der Waals surface area contributed by atoms with Crippen molar-refractivity contribution >= 4 is 22.7 Å². The van der Waals surface area contributed by atoms with Crippen LogP contribution < -0.4 is 14.4 Å². The summed E-state index contributed by atoms with van der Waals surface area (Å²) in [5.41, 5.74) is 3.01. The van der Waals surface area contributed by atoms with Crippen LogP contribution >= 0.6 is 0 Å². The van der Waals surface area contributed by atoms with Gasteiger partial charge in [-0.05, 0) is 67.7 Å². The third-order valence-corrected chi connectivity index (χ3v) is 7.52. The summed E-state index contributed by atoms with van der Waals surface area (Å²) in [6, 6.07) is 6.29. The standard InChI is InChI=1S/C27H30N4O4/c1-33-22-11-17-10-18-16-35-26(32)25(18)24(21(17)12-23(22)34-2)19-13-28-27(29-14-19)31-9-5-6-20(31)15-30-7-3-4-8-30/h10-14,20H,3-9,15-16H2,1-2H3/t20-/m1/s1. The number of ether oxygens (including phenoxy) is 3. The van der Waals surface area contributed by atoms with E-state index in [-0.39, 0.29) is 12.6 Å². The first-order chi connectivity index (χ1) is 17.2. The number of fused-ring (bicyclic) bond motifs is 2. The van der Waals surface area contributed by atoms with Gasteiger partial charge in [0.2, 0.25) is 5.95 Å². The molecule has 0 amide bonds. The van der Waals surface area contributed by atoms with Crippen LogP contribution in [0.3, 0.4) is 0 Å². The lowest BCUT2D eigenvalue weighted by Crippen LogP contribution is -2.40. The molecule has 0 bridgehead atoms. The van der Waals surface area contributed by atoms with Crippen molar-refractivity contribution in [1.82, 2.24) is 14.9 Å². The average molecular weight is 475 g/mol. The second-order valence-electron chi connectivity index (χ2n) is 9.56. The Hall–Kier alpha value is -3.39. The van der Waals surface area contributed by atoms with Crippen LogP contribution in [0.15, 0.2) is 30.6 Å². The molecule has 3 aromatic rings. The summed E-state index contributed by atoms with van der Waals surface area (Å²) >= 11 is 0. The lowest BCUT2D eigenvalue weighted by atomic mass is 9.91. The predicted molar refractivity (Wildman–Crippen MR) is 133 cm³/mol. The number of hydrogen-bond donors (Lipinski definition) is 0. The number of nitrogens with zero attached hydrogens (tertiary/aromatic N) is 4. The fourth-order valence-corrected chi connectivity index (χ4v) is 5.80. The van der Waals surface area contributed by atoms with Gasteiger partial charge in [-0.15, -0.1) is 0 Å². The molecular weight excluding hydrogens is 444 g/mol. The van der Waals surface area contributed by atoms with Crippen LogP contribution in [0.4, 0.5) is 5.95 Å². The fraction of sp³-hybridized carbons (Fsp3) is 0.444. The molecule has 1 aromatic heterocycles. The number of hydrogen-bond acceptors (Lipinski definition) is 8. The highest BCUT2D eigenvalue weighted by Crippen LogP contribution is 2.42. The Morgan fingerprint density at radius 2 is 1.71 bits per heavy atom. The summed E-state index contributed by atoms with van der Waals surface area (Å²) in [7, 11) is 3.23. The van der Waals surface area contributed by atoms with E-state index in [0.29, 0.717) is 23.1 Å². The van der Waals surface area contributed by atoms with Crippen molar-refractivity contribution in [3.63, 3.8) is 0 Å². The SMILES string of the molecule is COc1cc2cc3c(c(-c4cnc(N5CCC[C@@H]5CN5CCCC5)nc4)c2cc1OC)C(=O)OC3. The summed E-state index contributed by atoms with van der Waals surface area (Å²) in [5.74, 6) is 1.68. The van der Waals surface area contributed by atoms with Gasteiger partial charge >= 0.3 is 5.97 Å². The van der Waals surface area contributed by atoms with Crippen molar-refractivity contribution in [2.45, 2.75) is 38.3 Å². The monoisotopic (exact) mass is 474 g/mol. The molecule has 6 rings (SSSR count). The topological polar surface area (TPSA) is 77.0 Å². The van der Waals surface area contributed by atoms with Crippen molar-refractivity contribution in [2.75, 3.05) is 45.3 Å². The Morgan fingerprint density at radius 3 is 2.46 bits per heavy atom. The number of aromatic nitrogens is 2. The second kappa shape index (κ2) is 9.00. The number of rotatable bonds is 6. The number of likely N-dealkylation sites (tertiary alicyclic amines) is 1. The maximum absolute atomic E-state index is 12.7. The number of anilines is 1. The Labute approximate surface area is 204 Å². The van der Waals surface area contributed by atoms with E-state index in [1.807, 2.05) is 30.6 Å². The first-order valence-corrected chi connectivity index (χ1v) is 12.4. The van der Waals surface area contributed by atoms with Gasteiger partial charge < -0.3 is 24.0 Å². The van der Waals surface area contributed by atoms with Gasteiger partial charge in [0.15, 0.2) is 11.5 Å². The number of carbonyl (C=O) groups excluding carboxylic acids is 1. The van der Waals surface area contributed by atoms with Crippen LogP contribution in [0.2, 0.25) is 0 Å². The normalized spacial score (nSPS) is 19.9. The van der Waals surface area contributed by atoms with Crippen LogP contribution in [-0.2, 0) is 11.3 Å². The lowest BCUT2D eigenvalue weighted by molar-refractivity contribution is 0.0535. The van der Waals surface area contributed by atoms with Crippen molar-refractivity contribution in [2.24, 2.45) is 0 Å². The van der Waals surface area contributed by atoms with Crippen LogP contribution in [-0.4, -0.2) is 67.3 Å². The van der Waals surface area contributed by atoms with Gasteiger partial charge in [0, 0.05) is 48.2 Å². The molecule has 182 valence electrons. The molecule has 8 nitrogen and oxygen atoms in total. The van der Waals surface area contributed by atoms with Gasteiger partial charge in [0.1, 0.15) is 6.61 Å². The molecular formula is C27H30N4O4. The molecule has 2 aromatic carbocycles. The highest BCUT2D eigenvalue weighted by molar-refractivity contribution is 6.11. The average Bonchev–Trinajstić information content (AvgIpc) is 3.65. The van der Waals surface area contributed by atoms with Crippen LogP contribution in [0, 0.1) is 0 Å². The molecule has 0 unspecified atom stereocenters. The maximum atomic E-state index is 12.7. The Balaban J connectivity index is 1.40. The maximum Gasteiger partial charge on any atom is 0.339 e. The summed E-state index contributed by atoms with van der Waals surface area (Å²) < 4.78 is 16.5. The van der Waals surface area contributed by atoms with Gasteiger partial charge in [-0.2, -0.15) is 0 Å². The third-order valence-electron chi connectivity index (χ3n) is 7.52. The largest absolute Gasteiger partial charge is 0.493 e. The molecule has 3 aliphatic rings. The van der Waals surface area contributed by atoms with E-state index < -0.39 is 0 Å². The van der Waals surface area contributed by atoms with E-state index >= 15 is 0 Å². The first-order valence-electron chi connectivity index (χ1n) is 12.4. The molecule has 35 heavy (non-hydrogen) atoms. The number of cyclic esters (lactones) is 1. The quantitative estimate of drug-likeness (QED) is 0.496. The molecule has 1 atom stereocenters. The van der Waals surface area contributed by atoms with E-state index in [1.165, 1.54) is 32.4 Å². The van der Waals surface area contributed by atoms with Crippen molar-refractivity contribution in [3.8, 4) is 22.6 Å². The van der Waals surface area contributed by atoms with Crippen LogP contribution in [0.5, 0.6) is 11.5 Å². The number of benzene rings is 2. The highest BCUT2D eigenvalue weighted by atomic mass is 16.5. The van der Waals surface area contributed by atoms with Gasteiger partial charge in [-0.25, -0.2) is 14.8 Å². The molecule has 0 radical (unpaired) electrons. The Kier molecular flexibility index (Phi) is 5.68. The molecule has 8 heteroatoms. The molecule has 2 saturated heterocycles. The minimum absolute atomic E-state index is 0.260. The minimum Gasteiger partial charge on any atom is -0.493 e. The molecule has 0 aliphatic carbocycles. The van der Waals surface area contributed by atoms with Crippen molar-refractivity contribution in [3.05, 3.63) is 41.7 Å². The zero-order valence-corrected chi connectivity index (χ0v) is 20.2. The number of methoxy groups -OCH3 is 2. The molecule has 0 spiro atoms. The zero-order chi connectivity index (χ0) is 23.9. The first kappa shape index (κ1) is 22.1. The van der Waals surface area contributed by atoms with E-state index in [2.05, 4.69) is 9.80 Å². The lowest BCUT2D eigenvalue weighted by Gasteiger charge is -2.28. The zero-order valence-electron chi connectivity index (χ0n) is 20.2. The molecule has 2 fully saturated rings. The summed E-state index contributed by atoms with van der Waals surface area (Å²) in [5, 5.41) is 1.83. The fourth-order valence-electron chi connectivity index (χ4n) is 5.80. The predicted octanol–water partition coefficient (Wildman–Crippen LogP) is 4.05. The van der Waals surface area contributed by atoms with Crippen LogP contribution in [0.25, 0.3) is 21.9 Å². The van der Waals surface area contributed by atoms with E-state index in [4.69, 9.17) is 24.2 Å². The third kappa shape index (κ3) is 3.86. The van der Waals surface area contributed by atoms with E-state index in [9.17, 15) is 4.79 Å². The van der Waals surface area contributed by atoms with Crippen molar-refractivity contribution < 1.29 is 19.0 Å². The van der Waals surface area contributed by atoms with Gasteiger partial charge in [0.05, 0.1) is 19.8 Å². The smallest absolute Gasteiger partial charge is 0.339 e. The second-order valence-corrected chi connectivity index (χ2v) is 9.56. The van der Waals surface area contributed by atoms with E-state index in [1.54, 1.807) is 14.2 Å². The van der Waals surface area contributed by atoms with Gasteiger partial charge in [0.25, 0.3) is 0 Å². The highest BCUT2D eigenvalue weighted by Gasteiger charge is 2.31. The van der Waals surface area contributed by atoms with Crippen LogP contribution in [0.1, 0.15) is 41.6 Å². The van der Waals surface area contributed by atoms with Gasteiger partial charge in [-0.1, -0.05) is 0 Å². The minimum atomic E-state index is -0.319. The summed E-state index contributed by atoms with van der Waals surface area (Å²) in [6.07, 6.45) is 8.61. The molecule has 0 saturated carbocycles. The molecule has 4 heterocycles. The number of esters is 1. The van der Waals surface area contributed by atoms with Gasteiger partial charge in [-0.3, -0.25) is 0 Å².